The molecule has 0 unspecified atom stereocenters. The van der Waals surface area contributed by atoms with E-state index < -0.39 is 42.8 Å². The van der Waals surface area contributed by atoms with Gasteiger partial charge in [-0.2, -0.15) is 0 Å². The van der Waals surface area contributed by atoms with E-state index in [4.69, 9.17) is 9.47 Å². The molecule has 142 valence electrons. The van der Waals surface area contributed by atoms with Crippen LogP contribution in [0.4, 0.5) is 0 Å². The SMILES string of the molecule is C=C1C(=O)O[C@@H]2/C=C(/C)C[C@H](O)/C=C(/C)C[C@H](OC(=O)/C(=C\C)CO)[C@H]12. The highest BCUT2D eigenvalue weighted by Gasteiger charge is 2.44. The smallest absolute Gasteiger partial charge is 0.336 e. The Balaban J connectivity index is 2.41. The van der Waals surface area contributed by atoms with Gasteiger partial charge in [0.1, 0.15) is 12.2 Å². The highest BCUT2D eigenvalue weighted by Crippen LogP contribution is 2.36. The normalized spacial score (nSPS) is 34.1. The Bertz CT molecular complexity index is 684. The molecule has 2 aliphatic rings. The first-order valence-corrected chi connectivity index (χ1v) is 8.66. The molecule has 26 heavy (non-hydrogen) atoms. The second kappa shape index (κ2) is 8.47. The van der Waals surface area contributed by atoms with Gasteiger partial charge >= 0.3 is 11.9 Å². The molecule has 0 spiro atoms. The zero-order valence-corrected chi connectivity index (χ0v) is 15.4. The van der Waals surface area contributed by atoms with E-state index in [9.17, 15) is 19.8 Å². The topological polar surface area (TPSA) is 93.1 Å². The van der Waals surface area contributed by atoms with Crippen LogP contribution in [0.15, 0.2) is 47.1 Å². The van der Waals surface area contributed by atoms with E-state index in [-0.39, 0.29) is 11.1 Å². The van der Waals surface area contributed by atoms with E-state index in [0.29, 0.717) is 12.8 Å². The predicted molar refractivity (Wildman–Crippen MR) is 96.0 cm³/mol. The maximum atomic E-state index is 12.3. The molecule has 1 fully saturated rings. The second-order valence-corrected chi connectivity index (χ2v) is 6.84. The summed E-state index contributed by atoms with van der Waals surface area (Å²) in [6.07, 6.45) is 3.79. The van der Waals surface area contributed by atoms with Crippen molar-refractivity contribution in [3.63, 3.8) is 0 Å². The van der Waals surface area contributed by atoms with Gasteiger partial charge in [0.2, 0.25) is 0 Å². The maximum Gasteiger partial charge on any atom is 0.336 e. The minimum absolute atomic E-state index is 0.142. The summed E-state index contributed by atoms with van der Waals surface area (Å²) in [5.74, 6) is -1.67. The van der Waals surface area contributed by atoms with E-state index in [1.165, 1.54) is 6.08 Å². The van der Waals surface area contributed by atoms with E-state index in [1.807, 2.05) is 13.8 Å². The molecule has 1 aliphatic heterocycles. The molecular weight excluding hydrogens is 336 g/mol. The van der Waals surface area contributed by atoms with Crippen molar-refractivity contribution in [2.24, 2.45) is 5.92 Å². The van der Waals surface area contributed by atoms with Crippen molar-refractivity contribution in [3.05, 3.63) is 47.1 Å². The zero-order valence-electron chi connectivity index (χ0n) is 15.4. The number of hydrogen-bond acceptors (Lipinski definition) is 6. The van der Waals surface area contributed by atoms with Crippen molar-refractivity contribution in [3.8, 4) is 0 Å². The van der Waals surface area contributed by atoms with E-state index in [0.717, 1.165) is 11.1 Å². The summed E-state index contributed by atoms with van der Waals surface area (Å²) in [5.41, 5.74) is 2.11. The van der Waals surface area contributed by atoms with Gasteiger partial charge in [-0.25, -0.2) is 9.59 Å². The summed E-state index contributed by atoms with van der Waals surface area (Å²) in [6, 6.07) is 0. The van der Waals surface area contributed by atoms with E-state index >= 15 is 0 Å². The fourth-order valence-corrected chi connectivity index (χ4v) is 3.36. The van der Waals surface area contributed by atoms with Crippen LogP contribution in [0.25, 0.3) is 0 Å². The Labute approximate surface area is 153 Å². The van der Waals surface area contributed by atoms with Crippen LogP contribution in [0.5, 0.6) is 0 Å². The van der Waals surface area contributed by atoms with Crippen LogP contribution in [-0.2, 0) is 19.1 Å². The summed E-state index contributed by atoms with van der Waals surface area (Å²) in [6.45, 7) is 8.72. The van der Waals surface area contributed by atoms with Gasteiger partial charge in [-0.15, -0.1) is 0 Å². The first-order chi connectivity index (χ1) is 12.3. The van der Waals surface area contributed by atoms with Crippen molar-refractivity contribution in [2.75, 3.05) is 6.61 Å². The second-order valence-electron chi connectivity index (χ2n) is 6.84. The first kappa shape index (κ1) is 20.1. The van der Waals surface area contributed by atoms with Crippen LogP contribution >= 0.6 is 0 Å². The van der Waals surface area contributed by atoms with Crippen molar-refractivity contribution in [1.29, 1.82) is 0 Å². The average molecular weight is 362 g/mol. The standard InChI is InChI=1S/C20H26O6/c1-5-14(10-21)20(24)26-17-9-12(3)7-15(22)6-11(2)8-16-18(17)13(4)19(23)25-16/h5,7-8,15-18,21-22H,4,6,9-10H2,1-3H3/b11-8-,12-7-,14-5-/t15-,16+,17-,18+/m0/s1. The lowest BCUT2D eigenvalue weighted by Gasteiger charge is -2.28. The molecule has 0 amide bonds. The van der Waals surface area contributed by atoms with Gasteiger partial charge in [-0.1, -0.05) is 29.9 Å². The Morgan fingerprint density at radius 3 is 2.62 bits per heavy atom. The molecule has 2 rings (SSSR count). The van der Waals surface area contributed by atoms with Gasteiger partial charge in [0.15, 0.2) is 0 Å². The average Bonchev–Trinajstić information content (AvgIpc) is 2.81. The van der Waals surface area contributed by atoms with Crippen LogP contribution in [0.1, 0.15) is 33.6 Å². The molecular formula is C20H26O6. The number of carbonyl (C=O) groups excluding carboxylic acids is 2. The molecule has 6 nitrogen and oxygen atoms in total. The summed E-state index contributed by atoms with van der Waals surface area (Å²) < 4.78 is 11.0. The monoisotopic (exact) mass is 362 g/mol. The van der Waals surface area contributed by atoms with Crippen molar-refractivity contribution in [2.45, 2.75) is 51.9 Å². The predicted octanol–water partition coefficient (Wildman–Crippen LogP) is 1.98. The van der Waals surface area contributed by atoms with Gasteiger partial charge < -0.3 is 19.7 Å². The molecule has 0 radical (unpaired) electrons. The third-order valence-corrected chi connectivity index (χ3v) is 4.68. The lowest BCUT2D eigenvalue weighted by Crippen LogP contribution is -2.34. The number of hydrogen-bond donors (Lipinski definition) is 2. The third kappa shape index (κ3) is 4.51. The van der Waals surface area contributed by atoms with E-state index in [1.54, 1.807) is 19.1 Å². The third-order valence-electron chi connectivity index (χ3n) is 4.68. The molecule has 0 aromatic heterocycles. The van der Waals surface area contributed by atoms with Gasteiger partial charge in [0.05, 0.1) is 24.2 Å². The number of esters is 2. The Morgan fingerprint density at radius 2 is 2.00 bits per heavy atom. The molecule has 0 saturated carbocycles. The lowest BCUT2D eigenvalue weighted by atomic mass is 9.85. The highest BCUT2D eigenvalue weighted by molar-refractivity contribution is 5.92. The van der Waals surface area contributed by atoms with Crippen molar-refractivity contribution in [1.82, 2.24) is 0 Å². The van der Waals surface area contributed by atoms with Gasteiger partial charge in [-0.05, 0) is 33.3 Å². The number of aliphatic hydroxyl groups excluding tert-OH is 2. The lowest BCUT2D eigenvalue weighted by molar-refractivity contribution is -0.147. The maximum absolute atomic E-state index is 12.3. The Morgan fingerprint density at radius 1 is 1.35 bits per heavy atom. The number of rotatable bonds is 3. The molecule has 2 N–H and O–H groups in total. The van der Waals surface area contributed by atoms with Gasteiger partial charge in [0, 0.05) is 12.0 Å². The Hall–Kier alpha value is -2.18. The summed E-state index contributed by atoms with van der Waals surface area (Å²) >= 11 is 0. The summed E-state index contributed by atoms with van der Waals surface area (Å²) in [7, 11) is 0. The van der Waals surface area contributed by atoms with E-state index in [2.05, 4.69) is 6.58 Å². The molecule has 0 aromatic carbocycles. The fourth-order valence-electron chi connectivity index (χ4n) is 3.36. The van der Waals surface area contributed by atoms with Crippen LogP contribution < -0.4 is 0 Å². The van der Waals surface area contributed by atoms with Crippen LogP contribution in [0, 0.1) is 5.92 Å². The zero-order chi connectivity index (χ0) is 19.4. The molecule has 1 heterocycles. The number of allylic oxidation sites excluding steroid dienone is 1. The summed E-state index contributed by atoms with van der Waals surface area (Å²) in [5, 5.41) is 19.4. The molecule has 1 saturated heterocycles. The summed E-state index contributed by atoms with van der Waals surface area (Å²) in [4.78, 5) is 24.4. The largest absolute Gasteiger partial charge is 0.458 e. The molecule has 4 atom stereocenters. The number of carbonyl (C=O) groups is 2. The van der Waals surface area contributed by atoms with Crippen molar-refractivity contribution >= 4 is 11.9 Å². The van der Waals surface area contributed by atoms with Gasteiger partial charge in [-0.3, -0.25) is 0 Å². The molecule has 1 aliphatic carbocycles. The number of fused-ring (bicyclic) bond motifs is 1. The van der Waals surface area contributed by atoms with Gasteiger partial charge in [0.25, 0.3) is 0 Å². The molecule has 0 bridgehead atoms. The Kier molecular flexibility index (Phi) is 6.56. The minimum Gasteiger partial charge on any atom is -0.458 e. The molecule has 0 aromatic rings. The van der Waals surface area contributed by atoms with Crippen molar-refractivity contribution < 1.29 is 29.3 Å². The fraction of sp³-hybridized carbons (Fsp3) is 0.500. The number of aliphatic hydroxyl groups is 2. The van der Waals surface area contributed by atoms with Crippen LogP contribution in [0.3, 0.4) is 0 Å². The highest BCUT2D eigenvalue weighted by atomic mass is 16.6. The first-order valence-electron chi connectivity index (χ1n) is 8.66. The quantitative estimate of drug-likeness (QED) is 0.453. The molecule has 6 heteroatoms. The minimum atomic E-state index is -0.696. The van der Waals surface area contributed by atoms with Crippen LogP contribution in [-0.4, -0.2) is 47.1 Å². The van der Waals surface area contributed by atoms with Crippen LogP contribution in [0.2, 0.25) is 0 Å². The number of ether oxygens (including phenoxy) is 2.